The summed E-state index contributed by atoms with van der Waals surface area (Å²) in [4.78, 5) is 39.3. The molecule has 9 heteroatoms. The Morgan fingerprint density at radius 1 is 1.32 bits per heavy atom. The van der Waals surface area contributed by atoms with Crippen molar-refractivity contribution in [1.29, 1.82) is 5.26 Å². The minimum atomic E-state index is -1.22. The normalized spacial score (nSPS) is 12.1. The zero-order chi connectivity index (χ0) is 20.9. The van der Waals surface area contributed by atoms with Crippen molar-refractivity contribution in [2.24, 2.45) is 0 Å². The van der Waals surface area contributed by atoms with Gasteiger partial charge >= 0.3 is 12.1 Å². The molecule has 2 rings (SSSR count). The van der Waals surface area contributed by atoms with Crippen molar-refractivity contribution < 1.29 is 24.2 Å². The maximum Gasteiger partial charge on any atom is 0.424 e. The molecular formula is C19H22N4O5. The van der Waals surface area contributed by atoms with Gasteiger partial charge in [0.25, 0.3) is 0 Å². The van der Waals surface area contributed by atoms with E-state index in [1.165, 1.54) is 0 Å². The molecule has 1 aromatic carbocycles. The van der Waals surface area contributed by atoms with Gasteiger partial charge in [0, 0.05) is 23.5 Å². The van der Waals surface area contributed by atoms with E-state index < -0.39 is 36.2 Å². The van der Waals surface area contributed by atoms with E-state index in [1.54, 1.807) is 33.2 Å². The molecule has 0 unspecified atom stereocenters. The van der Waals surface area contributed by atoms with Crippen LogP contribution >= 0.6 is 0 Å². The second kappa shape index (κ2) is 8.43. The van der Waals surface area contributed by atoms with Crippen molar-refractivity contribution in [3.63, 3.8) is 0 Å². The number of aromatic amines is 1. The van der Waals surface area contributed by atoms with Crippen LogP contribution in [0.15, 0.2) is 30.5 Å². The Morgan fingerprint density at radius 3 is 2.61 bits per heavy atom. The number of nitriles is 1. The summed E-state index contributed by atoms with van der Waals surface area (Å²) in [5, 5.41) is 21.7. The number of hydrogen-bond donors (Lipinski definition) is 3. The molecule has 1 aromatic heterocycles. The van der Waals surface area contributed by atoms with Crippen molar-refractivity contribution in [2.75, 3.05) is 6.54 Å². The largest absolute Gasteiger partial charge is 0.480 e. The summed E-state index contributed by atoms with van der Waals surface area (Å²) in [6.07, 6.45) is 2.33. The quantitative estimate of drug-likeness (QED) is 0.513. The number of ether oxygens (including phenoxy) is 1. The molecule has 148 valence electrons. The zero-order valence-corrected chi connectivity index (χ0v) is 15.9. The van der Waals surface area contributed by atoms with E-state index in [4.69, 9.17) is 10.00 Å². The standard InChI is InChI=1S/C19H22N4O5/c1-19(2,3)28-18(27)23(11-20)10-16(24)22-15(17(25)26)8-12-9-21-14-7-5-4-6-13(12)14/h4-7,9,15,21H,8,10H2,1-3H3,(H,22,24)(H,25,26)/t15-/m0/s1. The summed E-state index contributed by atoms with van der Waals surface area (Å²) < 4.78 is 5.04. The number of carboxylic acids is 1. The highest BCUT2D eigenvalue weighted by Gasteiger charge is 2.27. The number of carboxylic acid groups (broad SMARTS) is 1. The first kappa shape index (κ1) is 20.8. The Morgan fingerprint density at radius 2 is 2.00 bits per heavy atom. The first-order chi connectivity index (χ1) is 13.1. The average molecular weight is 386 g/mol. The van der Waals surface area contributed by atoms with Gasteiger partial charge in [0.15, 0.2) is 6.19 Å². The van der Waals surface area contributed by atoms with Gasteiger partial charge in [-0.15, -0.1) is 0 Å². The van der Waals surface area contributed by atoms with E-state index in [2.05, 4.69) is 10.3 Å². The van der Waals surface area contributed by atoms with E-state index in [1.807, 2.05) is 24.3 Å². The van der Waals surface area contributed by atoms with Crippen molar-refractivity contribution in [2.45, 2.75) is 38.8 Å². The van der Waals surface area contributed by atoms with Gasteiger partial charge in [0.05, 0.1) is 0 Å². The van der Waals surface area contributed by atoms with Crippen LogP contribution in [0.3, 0.4) is 0 Å². The monoisotopic (exact) mass is 386 g/mol. The lowest BCUT2D eigenvalue weighted by Crippen LogP contribution is -2.47. The van der Waals surface area contributed by atoms with Gasteiger partial charge in [0.2, 0.25) is 5.91 Å². The Balaban J connectivity index is 2.05. The number of aliphatic carboxylic acids is 1. The van der Waals surface area contributed by atoms with Crippen molar-refractivity contribution in [1.82, 2.24) is 15.2 Å². The molecule has 1 atom stereocenters. The molecule has 0 radical (unpaired) electrons. The third-order valence-electron chi connectivity index (χ3n) is 3.77. The number of rotatable bonds is 6. The van der Waals surface area contributed by atoms with E-state index in [0.717, 1.165) is 16.5 Å². The zero-order valence-electron chi connectivity index (χ0n) is 15.9. The molecule has 2 amide bonds. The van der Waals surface area contributed by atoms with Crippen molar-refractivity contribution in [3.05, 3.63) is 36.0 Å². The number of carbonyl (C=O) groups is 3. The predicted molar refractivity (Wildman–Crippen MR) is 100 cm³/mol. The number of aromatic nitrogens is 1. The number of fused-ring (bicyclic) bond motifs is 1. The number of nitrogens with one attached hydrogen (secondary N) is 2. The molecule has 9 nitrogen and oxygen atoms in total. The predicted octanol–water partition coefficient (Wildman–Crippen LogP) is 2.00. The topological polar surface area (TPSA) is 136 Å². The molecule has 0 fully saturated rings. The minimum Gasteiger partial charge on any atom is -0.480 e. The van der Waals surface area contributed by atoms with E-state index in [-0.39, 0.29) is 6.42 Å². The molecule has 0 aliphatic heterocycles. The van der Waals surface area contributed by atoms with E-state index in [9.17, 15) is 19.5 Å². The van der Waals surface area contributed by atoms with Crippen LogP contribution in [0, 0.1) is 11.5 Å². The van der Waals surface area contributed by atoms with E-state index >= 15 is 0 Å². The highest BCUT2D eigenvalue weighted by molar-refractivity contribution is 5.88. The van der Waals surface area contributed by atoms with Crippen LogP contribution in [0.5, 0.6) is 0 Å². The molecule has 0 aliphatic rings. The van der Waals surface area contributed by atoms with Gasteiger partial charge < -0.3 is 20.1 Å². The second-order valence-electron chi connectivity index (χ2n) is 7.19. The molecule has 2 aromatic rings. The number of carbonyl (C=O) groups excluding carboxylic acids is 2. The fourth-order valence-corrected chi connectivity index (χ4v) is 2.56. The third kappa shape index (κ3) is 5.48. The van der Waals surface area contributed by atoms with Crippen LogP contribution in [-0.4, -0.2) is 51.1 Å². The first-order valence-corrected chi connectivity index (χ1v) is 8.58. The Bertz CT molecular complexity index is 922. The molecular weight excluding hydrogens is 364 g/mol. The third-order valence-corrected chi connectivity index (χ3v) is 3.77. The van der Waals surface area contributed by atoms with Crippen LogP contribution in [0.2, 0.25) is 0 Å². The van der Waals surface area contributed by atoms with Gasteiger partial charge in [-0.2, -0.15) is 5.26 Å². The Labute approximate surface area is 161 Å². The summed E-state index contributed by atoms with van der Waals surface area (Å²) in [6, 6.07) is 6.18. The van der Waals surface area contributed by atoms with Crippen LogP contribution < -0.4 is 5.32 Å². The highest BCUT2D eigenvalue weighted by atomic mass is 16.6. The summed E-state index contributed by atoms with van der Waals surface area (Å²) in [5.74, 6) is -2.00. The highest BCUT2D eigenvalue weighted by Crippen LogP contribution is 2.19. The number of benzene rings is 1. The smallest absolute Gasteiger partial charge is 0.424 e. The van der Waals surface area contributed by atoms with Crippen LogP contribution in [-0.2, 0) is 20.7 Å². The molecule has 28 heavy (non-hydrogen) atoms. The fraction of sp³-hybridized carbons (Fsp3) is 0.368. The van der Waals surface area contributed by atoms with Crippen molar-refractivity contribution >= 4 is 28.9 Å². The molecule has 1 heterocycles. The number of H-pyrrole nitrogens is 1. The van der Waals surface area contributed by atoms with Gasteiger partial charge in [-0.25, -0.2) is 14.5 Å². The average Bonchev–Trinajstić information content (AvgIpc) is 3.00. The Hall–Kier alpha value is -3.54. The number of amides is 2. The summed E-state index contributed by atoms with van der Waals surface area (Å²) in [7, 11) is 0. The van der Waals surface area contributed by atoms with Gasteiger partial charge in [-0.3, -0.25) is 4.79 Å². The minimum absolute atomic E-state index is 0.0457. The first-order valence-electron chi connectivity index (χ1n) is 8.58. The maximum atomic E-state index is 12.2. The second-order valence-corrected chi connectivity index (χ2v) is 7.19. The van der Waals surface area contributed by atoms with Crippen LogP contribution in [0.1, 0.15) is 26.3 Å². The summed E-state index contributed by atoms with van der Waals surface area (Å²) in [5.41, 5.74) is 0.753. The fourth-order valence-electron chi connectivity index (χ4n) is 2.56. The number of hydrogen-bond acceptors (Lipinski definition) is 5. The summed E-state index contributed by atoms with van der Waals surface area (Å²) in [6.45, 7) is 4.25. The molecule has 0 saturated carbocycles. The van der Waals surface area contributed by atoms with Gasteiger partial charge in [0.1, 0.15) is 18.2 Å². The van der Waals surface area contributed by atoms with Gasteiger partial charge in [-0.1, -0.05) is 18.2 Å². The molecule has 3 N–H and O–H groups in total. The van der Waals surface area contributed by atoms with Crippen LogP contribution in [0.4, 0.5) is 4.79 Å². The number of nitrogens with zero attached hydrogens (tertiary/aromatic N) is 2. The lowest BCUT2D eigenvalue weighted by molar-refractivity contribution is -0.141. The lowest BCUT2D eigenvalue weighted by atomic mass is 10.0. The SMILES string of the molecule is CC(C)(C)OC(=O)N(C#N)CC(=O)N[C@@H](Cc1c[nH]c2ccccc12)C(=O)O. The molecule has 0 bridgehead atoms. The van der Waals surface area contributed by atoms with Crippen molar-refractivity contribution in [3.8, 4) is 6.19 Å². The van der Waals surface area contributed by atoms with Gasteiger partial charge in [-0.05, 0) is 32.4 Å². The van der Waals surface area contributed by atoms with E-state index in [0.29, 0.717) is 4.90 Å². The molecule has 0 aliphatic carbocycles. The molecule has 0 spiro atoms. The maximum absolute atomic E-state index is 12.2. The Kier molecular flexibility index (Phi) is 6.26. The lowest BCUT2D eigenvalue weighted by Gasteiger charge is -2.23. The summed E-state index contributed by atoms with van der Waals surface area (Å²) >= 11 is 0. The van der Waals surface area contributed by atoms with Crippen LogP contribution in [0.25, 0.3) is 10.9 Å². The number of para-hydroxylation sites is 1. The molecule has 0 saturated heterocycles.